The number of rotatable bonds is 5. The van der Waals surface area contributed by atoms with E-state index in [1.165, 1.54) is 19.3 Å². The number of nitrogens with zero attached hydrogens (tertiary/aromatic N) is 7. The predicted molar refractivity (Wildman–Crippen MR) is 116 cm³/mol. The number of likely N-dealkylation sites (tertiary alicyclic amines) is 1. The maximum atomic E-state index is 5.05. The summed E-state index contributed by atoms with van der Waals surface area (Å²) < 4.78 is 1.94. The van der Waals surface area contributed by atoms with Crippen LogP contribution in [-0.2, 0) is 0 Å². The molecule has 2 saturated heterocycles. The third-order valence-corrected chi connectivity index (χ3v) is 6.56. The second-order valence-electron chi connectivity index (χ2n) is 8.80. The maximum Gasteiger partial charge on any atom is 0.203 e. The molecule has 2 atom stereocenters. The summed E-state index contributed by atoms with van der Waals surface area (Å²) in [5.41, 5.74) is 1.25. The Morgan fingerprint density at radius 3 is 3.03 bits per heavy atom. The van der Waals surface area contributed by atoms with Crippen LogP contribution in [0, 0.1) is 11.3 Å². The zero-order valence-corrected chi connectivity index (χ0v) is 18.0. The van der Waals surface area contributed by atoms with Gasteiger partial charge in [0.2, 0.25) is 5.65 Å². The summed E-state index contributed by atoms with van der Waals surface area (Å²) in [6.07, 6.45) is 10.3. The minimum atomic E-state index is 0.417. The van der Waals surface area contributed by atoms with Gasteiger partial charge >= 0.3 is 0 Å². The van der Waals surface area contributed by atoms with E-state index in [1.807, 2.05) is 16.8 Å². The molecule has 8 nitrogen and oxygen atoms in total. The number of anilines is 1. The van der Waals surface area contributed by atoms with Crippen molar-refractivity contribution in [3.63, 3.8) is 0 Å². The predicted octanol–water partition coefficient (Wildman–Crippen LogP) is 2.43. The Balaban J connectivity index is 1.43. The van der Waals surface area contributed by atoms with Gasteiger partial charge in [0.15, 0.2) is 11.8 Å². The van der Waals surface area contributed by atoms with Crippen molar-refractivity contribution in [1.82, 2.24) is 29.8 Å². The summed E-state index contributed by atoms with van der Waals surface area (Å²) in [6.45, 7) is 12.8. The number of guanidine groups is 1. The van der Waals surface area contributed by atoms with Crippen LogP contribution in [0.25, 0.3) is 5.65 Å². The molecule has 29 heavy (non-hydrogen) atoms. The molecule has 158 valence electrons. The molecule has 2 aromatic heterocycles. The molecule has 4 rings (SSSR count). The minimum Gasteiger partial charge on any atom is -0.357 e. The molecular formula is C21H34N8. The van der Waals surface area contributed by atoms with Crippen molar-refractivity contribution in [2.75, 3.05) is 44.2 Å². The molecule has 8 heteroatoms. The maximum absolute atomic E-state index is 5.05. The standard InChI is InChI=1S/C21H34N8/c1-4-21(3)8-11-28(15-21)20(22-5-2)24-13-17-7-6-10-27(14-17)18-19-26-25-16-29(19)12-9-23-18/h9,12,16-17H,4-8,10-11,13-15H2,1-3H3,(H,22,24). The number of piperidine rings is 1. The second kappa shape index (κ2) is 8.55. The van der Waals surface area contributed by atoms with Crippen LogP contribution in [0.5, 0.6) is 0 Å². The van der Waals surface area contributed by atoms with Crippen LogP contribution in [-0.4, -0.2) is 69.7 Å². The molecule has 0 aliphatic carbocycles. The van der Waals surface area contributed by atoms with E-state index in [-0.39, 0.29) is 0 Å². The first-order chi connectivity index (χ1) is 14.1. The molecule has 0 amide bonds. The average molecular weight is 399 g/mol. The fourth-order valence-electron chi connectivity index (χ4n) is 4.51. The normalized spacial score (nSPS) is 25.8. The van der Waals surface area contributed by atoms with Gasteiger partial charge in [-0.25, -0.2) is 4.98 Å². The van der Waals surface area contributed by atoms with E-state index < -0.39 is 0 Å². The lowest BCUT2D eigenvalue weighted by atomic mass is 9.87. The first-order valence-corrected chi connectivity index (χ1v) is 11.0. The Hall–Kier alpha value is -2.38. The van der Waals surface area contributed by atoms with Crippen molar-refractivity contribution in [2.45, 2.75) is 46.5 Å². The molecule has 0 bridgehead atoms. The lowest BCUT2D eigenvalue weighted by Crippen LogP contribution is -2.42. The second-order valence-corrected chi connectivity index (χ2v) is 8.80. The molecular weight excluding hydrogens is 364 g/mol. The number of aliphatic imine (C=N–C) groups is 1. The highest BCUT2D eigenvalue weighted by molar-refractivity contribution is 5.80. The van der Waals surface area contributed by atoms with E-state index in [0.717, 1.165) is 63.1 Å². The Morgan fingerprint density at radius 1 is 1.34 bits per heavy atom. The van der Waals surface area contributed by atoms with E-state index in [1.54, 1.807) is 6.33 Å². The summed E-state index contributed by atoms with van der Waals surface area (Å²) in [5, 5.41) is 11.8. The molecule has 0 saturated carbocycles. The van der Waals surface area contributed by atoms with E-state index >= 15 is 0 Å². The van der Waals surface area contributed by atoms with Crippen LogP contribution in [0.4, 0.5) is 5.82 Å². The Kier molecular flexibility index (Phi) is 5.87. The van der Waals surface area contributed by atoms with E-state index in [0.29, 0.717) is 11.3 Å². The van der Waals surface area contributed by atoms with Gasteiger partial charge in [0.1, 0.15) is 6.33 Å². The van der Waals surface area contributed by atoms with Gasteiger partial charge < -0.3 is 15.1 Å². The first-order valence-electron chi connectivity index (χ1n) is 11.0. The molecule has 2 aliphatic heterocycles. The van der Waals surface area contributed by atoms with Gasteiger partial charge in [-0.2, -0.15) is 0 Å². The van der Waals surface area contributed by atoms with Crippen LogP contribution in [0.2, 0.25) is 0 Å². The largest absolute Gasteiger partial charge is 0.357 e. The molecule has 1 N–H and O–H groups in total. The van der Waals surface area contributed by atoms with E-state index in [2.05, 4.69) is 51.1 Å². The van der Waals surface area contributed by atoms with Crippen molar-refractivity contribution in [3.05, 3.63) is 18.7 Å². The number of hydrogen-bond donors (Lipinski definition) is 1. The third-order valence-electron chi connectivity index (χ3n) is 6.56. The molecule has 2 fully saturated rings. The zero-order valence-electron chi connectivity index (χ0n) is 18.0. The summed E-state index contributed by atoms with van der Waals surface area (Å²) in [4.78, 5) is 14.4. The molecule has 0 aromatic carbocycles. The lowest BCUT2D eigenvalue weighted by molar-refractivity contribution is 0.321. The van der Waals surface area contributed by atoms with Crippen LogP contribution < -0.4 is 10.2 Å². The molecule has 2 unspecified atom stereocenters. The number of aromatic nitrogens is 4. The fourth-order valence-corrected chi connectivity index (χ4v) is 4.51. The molecule has 0 radical (unpaired) electrons. The van der Waals surface area contributed by atoms with Crippen LogP contribution >= 0.6 is 0 Å². The first kappa shape index (κ1) is 19.9. The van der Waals surface area contributed by atoms with Crippen LogP contribution in [0.1, 0.15) is 46.5 Å². The molecule has 4 heterocycles. The van der Waals surface area contributed by atoms with Crippen LogP contribution in [0.3, 0.4) is 0 Å². The highest BCUT2D eigenvalue weighted by Gasteiger charge is 2.33. The zero-order chi connectivity index (χ0) is 20.3. The monoisotopic (exact) mass is 398 g/mol. The van der Waals surface area contributed by atoms with Gasteiger partial charge in [-0.3, -0.25) is 9.39 Å². The third kappa shape index (κ3) is 4.31. The SMILES string of the molecule is CCNC(=NCC1CCCN(c2nccn3cnnc23)C1)N1CCC(C)(CC)C1. The van der Waals surface area contributed by atoms with Gasteiger partial charge in [-0.15, -0.1) is 10.2 Å². The van der Waals surface area contributed by atoms with Crippen molar-refractivity contribution in [1.29, 1.82) is 0 Å². The summed E-state index contributed by atoms with van der Waals surface area (Å²) in [6, 6.07) is 0. The van der Waals surface area contributed by atoms with Crippen LogP contribution in [0.15, 0.2) is 23.7 Å². The smallest absolute Gasteiger partial charge is 0.203 e. The Labute approximate surface area is 173 Å². The van der Waals surface area contributed by atoms with Gasteiger partial charge in [-0.05, 0) is 43.9 Å². The summed E-state index contributed by atoms with van der Waals surface area (Å²) in [7, 11) is 0. The van der Waals surface area contributed by atoms with E-state index in [9.17, 15) is 0 Å². The van der Waals surface area contributed by atoms with Crippen molar-refractivity contribution >= 4 is 17.4 Å². The van der Waals surface area contributed by atoms with Gasteiger partial charge in [0.05, 0.1) is 0 Å². The lowest BCUT2D eigenvalue weighted by Gasteiger charge is -2.33. The minimum absolute atomic E-state index is 0.417. The topological polar surface area (TPSA) is 74.0 Å². The number of fused-ring (bicyclic) bond motifs is 1. The summed E-state index contributed by atoms with van der Waals surface area (Å²) >= 11 is 0. The highest BCUT2D eigenvalue weighted by atomic mass is 15.3. The number of nitrogens with one attached hydrogen (secondary N) is 1. The van der Waals surface area contributed by atoms with Gasteiger partial charge in [0.25, 0.3) is 0 Å². The van der Waals surface area contributed by atoms with Crippen molar-refractivity contribution in [3.8, 4) is 0 Å². The Bertz CT molecular complexity index is 846. The summed E-state index contributed by atoms with van der Waals surface area (Å²) in [5.74, 6) is 2.55. The van der Waals surface area contributed by atoms with E-state index in [4.69, 9.17) is 4.99 Å². The Morgan fingerprint density at radius 2 is 2.24 bits per heavy atom. The number of hydrogen-bond acceptors (Lipinski definition) is 5. The van der Waals surface area contributed by atoms with Crippen molar-refractivity contribution < 1.29 is 0 Å². The quantitative estimate of drug-likeness (QED) is 0.616. The highest BCUT2D eigenvalue weighted by Crippen LogP contribution is 2.33. The van der Waals surface area contributed by atoms with Gasteiger partial charge in [-0.1, -0.05) is 13.8 Å². The van der Waals surface area contributed by atoms with Gasteiger partial charge in [0, 0.05) is 51.7 Å². The van der Waals surface area contributed by atoms with Crippen molar-refractivity contribution in [2.24, 2.45) is 16.3 Å². The fraction of sp³-hybridized carbons (Fsp3) is 0.714. The molecule has 2 aromatic rings. The molecule has 2 aliphatic rings. The average Bonchev–Trinajstić information content (AvgIpc) is 3.38. The molecule has 0 spiro atoms.